The Morgan fingerprint density at radius 2 is 0.435 bits per heavy atom. The minimum atomic E-state index is -2.02. The first-order chi connectivity index (χ1) is 50.3. The van der Waals surface area contributed by atoms with Crippen LogP contribution in [0.1, 0.15) is 181 Å². The first-order valence-corrected chi connectivity index (χ1v) is 37.5. The second-order valence-corrected chi connectivity index (χ2v) is 31.8. The highest BCUT2D eigenvalue weighted by molar-refractivity contribution is 5.82. The second kappa shape index (κ2) is 52.9. The molecule has 0 atom stereocenters. The van der Waals surface area contributed by atoms with E-state index in [9.17, 15) is 52.7 Å². The Balaban J connectivity index is 6.37. The maximum absolute atomic E-state index is 14.4. The van der Waals surface area contributed by atoms with Crippen LogP contribution in [0.5, 0.6) is 0 Å². The lowest BCUT2D eigenvalue weighted by Gasteiger charge is -2.32. The quantitative estimate of drug-likeness (QED) is 0.0125. The summed E-state index contributed by atoms with van der Waals surface area (Å²) in [5, 5.41) is 21.6. The summed E-state index contributed by atoms with van der Waals surface area (Å²) in [6, 6.07) is 0. The Morgan fingerprint density at radius 3 is 0.639 bits per heavy atom. The van der Waals surface area contributed by atoms with Crippen molar-refractivity contribution in [2.75, 3.05) is 179 Å². The number of ether oxygens (including phenoxy) is 11. The highest BCUT2D eigenvalue weighted by atomic mass is 16.6. The number of nitrogens with zero attached hydrogens (tertiary/aromatic N) is 4. The van der Waals surface area contributed by atoms with E-state index in [1.807, 2.05) is 28.2 Å². The van der Waals surface area contributed by atoms with Crippen LogP contribution in [0, 0.1) is 28.6 Å². The number of hydrogen-bond donors (Lipinski definition) is 8. The molecule has 0 saturated carbocycles. The molecule has 0 heterocycles. The number of terminal acetylenes is 1. The molecule has 34 nitrogen and oxygen atoms in total. The monoisotopic (exact) mass is 1540 g/mol. The molecule has 0 aromatic rings. The molecule has 0 rings (SSSR count). The number of amides is 8. The standard InChI is InChI=1S/C74H136N12O22/c1-21-50-98-57(87)72(14,51-99-58(88)73(15,53-101-60(90)75-34-22-26-42-83(17)46-30-38-79-64(94)105-68(2,3)4)54-102-61(91)76-35-23-27-43-84(18)47-31-39-80-65(95)106-69(5,6)7)52-100-59(89)74(16,55-103-62(92)77-36-24-28-44-85(19)48-32-40-81-66(96)107-70(8,9)10)56-104-63(93)78-37-25-29-45-86(20)49-33-41-82-67(97)108-71(11,12)13/h1H,22-56H2,2-20H3,(H,75,90)(H,76,91)(H,77,92)(H,78,93)(H,79,94)(H,80,95)(H,81,96)(H,82,97). The maximum Gasteiger partial charge on any atom is 0.407 e. The zero-order chi connectivity index (χ0) is 82.1. The third-order valence-electron chi connectivity index (χ3n) is 15.4. The summed E-state index contributed by atoms with van der Waals surface area (Å²) in [4.78, 5) is 152. The second-order valence-electron chi connectivity index (χ2n) is 31.8. The van der Waals surface area contributed by atoms with E-state index in [-0.39, 0.29) is 26.2 Å². The number of unbranched alkanes of at least 4 members (excludes halogenated alkanes) is 4. The number of nitrogens with one attached hydrogen (secondary N) is 8. The topological polar surface area (TPSA) is 398 Å². The van der Waals surface area contributed by atoms with Gasteiger partial charge in [0.2, 0.25) is 0 Å². The lowest BCUT2D eigenvalue weighted by Crippen LogP contribution is -2.47. The van der Waals surface area contributed by atoms with Crippen molar-refractivity contribution in [3.05, 3.63) is 0 Å². The normalized spacial score (nSPS) is 12.0. The fourth-order valence-corrected chi connectivity index (χ4v) is 9.31. The third-order valence-corrected chi connectivity index (χ3v) is 15.4. The van der Waals surface area contributed by atoms with Crippen LogP contribution < -0.4 is 42.5 Å². The highest BCUT2D eigenvalue weighted by Gasteiger charge is 2.46. The van der Waals surface area contributed by atoms with E-state index >= 15 is 0 Å². The van der Waals surface area contributed by atoms with E-state index in [4.69, 9.17) is 58.5 Å². The molecule has 0 saturated heterocycles. The van der Waals surface area contributed by atoms with Crippen molar-refractivity contribution in [3.8, 4) is 12.3 Å². The van der Waals surface area contributed by atoms with Crippen LogP contribution in [0.4, 0.5) is 38.4 Å². The van der Waals surface area contributed by atoms with Gasteiger partial charge >= 0.3 is 66.7 Å². The molecule has 8 amide bonds. The summed E-state index contributed by atoms with van der Waals surface area (Å²) in [5.74, 6) is -1.12. The third kappa shape index (κ3) is 54.5. The average Bonchev–Trinajstić information content (AvgIpc) is 0.822. The fraction of sp³-hybridized carbons (Fsp3) is 0.824. The number of esters is 3. The molecule has 8 N–H and O–H groups in total. The van der Waals surface area contributed by atoms with Crippen molar-refractivity contribution in [3.63, 3.8) is 0 Å². The van der Waals surface area contributed by atoms with E-state index in [2.05, 4.69) is 68.1 Å². The van der Waals surface area contributed by atoms with Gasteiger partial charge in [0.15, 0.2) is 6.61 Å². The van der Waals surface area contributed by atoms with Gasteiger partial charge in [-0.15, -0.1) is 6.42 Å². The van der Waals surface area contributed by atoms with Crippen LogP contribution in [-0.2, 0) is 66.5 Å². The van der Waals surface area contributed by atoms with E-state index in [1.165, 1.54) is 20.8 Å². The molecule has 0 unspecified atom stereocenters. The molecule has 0 aromatic heterocycles. The van der Waals surface area contributed by atoms with Gasteiger partial charge in [-0.1, -0.05) is 5.92 Å². The largest absolute Gasteiger partial charge is 0.464 e. The molecule has 624 valence electrons. The molecule has 0 aliphatic heterocycles. The first-order valence-electron chi connectivity index (χ1n) is 37.5. The molecule has 0 aliphatic rings. The average molecular weight is 1550 g/mol. The van der Waals surface area contributed by atoms with Gasteiger partial charge in [-0.25, -0.2) is 38.4 Å². The summed E-state index contributed by atoms with van der Waals surface area (Å²) < 4.78 is 60.1. The Bertz CT molecular complexity index is 2430. The molecule has 0 radical (unpaired) electrons. The van der Waals surface area contributed by atoms with E-state index in [0.29, 0.717) is 156 Å². The van der Waals surface area contributed by atoms with Crippen LogP contribution in [0.15, 0.2) is 0 Å². The van der Waals surface area contributed by atoms with Gasteiger partial charge in [-0.3, -0.25) is 14.4 Å². The van der Waals surface area contributed by atoms with E-state index in [0.717, 1.165) is 0 Å². The van der Waals surface area contributed by atoms with Crippen LogP contribution in [0.25, 0.3) is 0 Å². The number of alkyl carbamates (subject to hydrolysis) is 8. The Kier molecular flexibility index (Phi) is 49.0. The predicted molar refractivity (Wildman–Crippen MR) is 406 cm³/mol. The van der Waals surface area contributed by atoms with Crippen LogP contribution in [0.3, 0.4) is 0 Å². The Labute approximate surface area is 642 Å². The van der Waals surface area contributed by atoms with Gasteiger partial charge in [-0.2, -0.15) is 0 Å². The van der Waals surface area contributed by atoms with Gasteiger partial charge in [0, 0.05) is 52.4 Å². The van der Waals surface area contributed by atoms with Crippen LogP contribution >= 0.6 is 0 Å². The fourth-order valence-electron chi connectivity index (χ4n) is 9.31. The number of carbonyl (C=O) groups excluding carboxylic acids is 11. The maximum atomic E-state index is 14.4. The smallest absolute Gasteiger partial charge is 0.407 e. The van der Waals surface area contributed by atoms with Gasteiger partial charge < -0.3 is 114 Å². The Morgan fingerprint density at radius 1 is 0.259 bits per heavy atom. The SMILES string of the molecule is C#CCOC(=O)C(C)(COC(=O)C(C)(COC(=O)NCCCCN(C)CCCNC(=O)OC(C)(C)C)COC(=O)NCCCCN(C)CCCNC(=O)OC(C)(C)C)COC(=O)C(C)(COC(=O)NCCCCN(C)CCCNC(=O)OC(C)(C)C)COC(=O)NCCCCN(C)CCCNC(=O)OC(C)(C)C. The lowest BCUT2D eigenvalue weighted by atomic mass is 9.90. The van der Waals surface area contributed by atoms with Crippen molar-refractivity contribution >= 4 is 66.7 Å². The summed E-state index contributed by atoms with van der Waals surface area (Å²) in [6.45, 7) is 28.3. The van der Waals surface area contributed by atoms with E-state index < -0.39 is 152 Å². The molecular formula is C74H136N12O22. The highest BCUT2D eigenvalue weighted by Crippen LogP contribution is 2.28. The van der Waals surface area contributed by atoms with Crippen LogP contribution in [-0.4, -0.2) is 288 Å². The van der Waals surface area contributed by atoms with Gasteiger partial charge in [-0.05, 0) is 261 Å². The molecule has 0 spiro atoms. The molecule has 0 aliphatic carbocycles. The van der Waals surface area contributed by atoms with Gasteiger partial charge in [0.1, 0.15) is 78.3 Å². The number of carbonyl (C=O) groups is 11. The van der Waals surface area contributed by atoms with Crippen molar-refractivity contribution in [1.82, 2.24) is 62.1 Å². The molecule has 34 heteroatoms. The lowest BCUT2D eigenvalue weighted by molar-refractivity contribution is -0.178. The van der Waals surface area contributed by atoms with Crippen molar-refractivity contribution < 1.29 is 105 Å². The van der Waals surface area contributed by atoms with Crippen molar-refractivity contribution in [1.29, 1.82) is 0 Å². The van der Waals surface area contributed by atoms with Crippen molar-refractivity contribution in [2.24, 2.45) is 16.2 Å². The summed E-state index contributed by atoms with van der Waals surface area (Å²) in [6.07, 6.45) is 7.55. The van der Waals surface area contributed by atoms with E-state index in [1.54, 1.807) is 83.1 Å². The Hall–Kier alpha value is -8.03. The molecular weight excluding hydrogens is 1410 g/mol. The minimum absolute atomic E-state index is 0.198. The summed E-state index contributed by atoms with van der Waals surface area (Å²) in [7, 11) is 7.73. The first kappa shape index (κ1) is 100.0. The van der Waals surface area contributed by atoms with Gasteiger partial charge in [0.25, 0.3) is 0 Å². The molecule has 0 bridgehead atoms. The zero-order valence-corrected chi connectivity index (χ0v) is 68.6. The number of hydrogen-bond acceptors (Lipinski definition) is 26. The van der Waals surface area contributed by atoms with Crippen LogP contribution in [0.2, 0.25) is 0 Å². The predicted octanol–water partition coefficient (Wildman–Crippen LogP) is 7.68. The summed E-state index contributed by atoms with van der Waals surface area (Å²) >= 11 is 0. The minimum Gasteiger partial charge on any atom is -0.464 e. The van der Waals surface area contributed by atoms with Gasteiger partial charge in [0.05, 0.1) is 0 Å². The number of rotatable bonds is 52. The molecule has 108 heavy (non-hydrogen) atoms. The molecule has 0 aromatic carbocycles. The molecule has 0 fully saturated rings. The summed E-state index contributed by atoms with van der Waals surface area (Å²) in [5.41, 5.74) is -8.31. The zero-order valence-electron chi connectivity index (χ0n) is 68.6. The van der Waals surface area contributed by atoms with Crippen molar-refractivity contribution in [2.45, 2.75) is 203 Å².